The topological polar surface area (TPSA) is 114 Å². The summed E-state index contributed by atoms with van der Waals surface area (Å²) in [4.78, 5) is 31.7. The molecule has 5 rings (SSSR count). The van der Waals surface area contributed by atoms with Gasteiger partial charge in [0.1, 0.15) is 6.04 Å². The van der Waals surface area contributed by atoms with Crippen molar-refractivity contribution in [1.82, 2.24) is 20.4 Å². The first-order valence-electron chi connectivity index (χ1n) is 9.38. The number of halogens is 1. The van der Waals surface area contributed by atoms with Gasteiger partial charge in [-0.1, -0.05) is 23.4 Å². The molecule has 2 amide bonds. The van der Waals surface area contributed by atoms with Gasteiger partial charge in [0.15, 0.2) is 5.82 Å². The number of carbonyl (C=O) groups is 2. The lowest BCUT2D eigenvalue weighted by Crippen LogP contribution is -2.44. The maximum Gasteiger partial charge on any atom is 0.255 e. The summed E-state index contributed by atoms with van der Waals surface area (Å²) in [7, 11) is 0. The smallest absolute Gasteiger partial charge is 0.255 e. The Morgan fingerprint density at radius 1 is 1.32 bits per heavy atom. The van der Waals surface area contributed by atoms with Crippen LogP contribution in [0.25, 0.3) is 0 Å². The number of carbonyl (C=O) groups excluding carboxylic acids is 2. The number of rotatable bonds is 5. The highest BCUT2D eigenvalue weighted by Crippen LogP contribution is 2.42. The maximum atomic E-state index is 12.9. The molecule has 9 heteroatoms. The first kappa shape index (κ1) is 18.9. The summed E-state index contributed by atoms with van der Waals surface area (Å²) in [5.74, 6) is 0.527. The second-order valence-electron chi connectivity index (χ2n) is 7.67. The van der Waals surface area contributed by atoms with Gasteiger partial charge in [-0.2, -0.15) is 4.98 Å². The van der Waals surface area contributed by atoms with E-state index in [0.717, 1.165) is 37.7 Å². The van der Waals surface area contributed by atoms with Crippen molar-refractivity contribution in [3.05, 3.63) is 47.1 Å². The normalized spacial score (nSPS) is 22.2. The van der Waals surface area contributed by atoms with Crippen molar-refractivity contribution >= 4 is 24.2 Å². The standard InChI is InChI=1S/C19H21N5O3.ClH/c20-19(8-3-9-19)18-22-14(27-23-18)10-21-16(25)15-12-4-1-2-5-13(12)17(26)24(15)11-6-7-11;/h1-2,4-5,11,15H,3,6-10,20H2,(H,21,25);1H. The summed E-state index contributed by atoms with van der Waals surface area (Å²) in [6.45, 7) is 0.118. The summed E-state index contributed by atoms with van der Waals surface area (Å²) in [6, 6.07) is 6.85. The van der Waals surface area contributed by atoms with E-state index in [-0.39, 0.29) is 36.8 Å². The van der Waals surface area contributed by atoms with Crippen LogP contribution in [0.3, 0.4) is 0 Å². The molecule has 0 bridgehead atoms. The number of benzene rings is 1. The number of fused-ring (bicyclic) bond motifs is 1. The van der Waals surface area contributed by atoms with E-state index in [1.165, 1.54) is 0 Å². The van der Waals surface area contributed by atoms with Crippen molar-refractivity contribution in [3.8, 4) is 0 Å². The largest absolute Gasteiger partial charge is 0.345 e. The van der Waals surface area contributed by atoms with Gasteiger partial charge in [0.2, 0.25) is 11.8 Å². The highest BCUT2D eigenvalue weighted by atomic mass is 35.5. The predicted octanol–water partition coefficient (Wildman–Crippen LogP) is 1.80. The van der Waals surface area contributed by atoms with Gasteiger partial charge >= 0.3 is 0 Å². The molecular formula is C19H22ClN5O3. The van der Waals surface area contributed by atoms with Crippen LogP contribution in [0.2, 0.25) is 0 Å². The van der Waals surface area contributed by atoms with Gasteiger partial charge < -0.3 is 20.5 Å². The van der Waals surface area contributed by atoms with E-state index in [4.69, 9.17) is 10.3 Å². The Bertz CT molecular complexity index is 922. The van der Waals surface area contributed by atoms with Gasteiger partial charge in [0, 0.05) is 11.6 Å². The molecule has 1 atom stereocenters. The molecular weight excluding hydrogens is 382 g/mol. The average molecular weight is 404 g/mol. The first-order chi connectivity index (χ1) is 13.1. The van der Waals surface area contributed by atoms with Crippen molar-refractivity contribution in [3.63, 3.8) is 0 Å². The summed E-state index contributed by atoms with van der Waals surface area (Å²) in [5.41, 5.74) is 7.08. The quantitative estimate of drug-likeness (QED) is 0.786. The SMILES string of the molecule is Cl.NC1(c2noc(CNC(=O)C3c4ccccc4C(=O)N3C3CC3)n2)CCC1. The van der Waals surface area contributed by atoms with Crippen LogP contribution in [0.5, 0.6) is 0 Å². The number of amides is 2. The molecule has 0 radical (unpaired) electrons. The van der Waals surface area contributed by atoms with Crippen molar-refractivity contribution in [1.29, 1.82) is 0 Å². The fourth-order valence-electron chi connectivity index (χ4n) is 3.90. The molecule has 2 aromatic rings. The van der Waals surface area contributed by atoms with Gasteiger partial charge in [-0.3, -0.25) is 9.59 Å². The number of hydrogen-bond donors (Lipinski definition) is 2. The molecule has 3 N–H and O–H groups in total. The molecule has 2 saturated carbocycles. The Hall–Kier alpha value is -2.45. The second-order valence-corrected chi connectivity index (χ2v) is 7.67. The third-order valence-corrected chi connectivity index (χ3v) is 5.76. The number of nitrogens with zero attached hydrogens (tertiary/aromatic N) is 3. The van der Waals surface area contributed by atoms with E-state index in [2.05, 4.69) is 15.5 Å². The molecule has 1 aromatic heterocycles. The fraction of sp³-hybridized carbons (Fsp3) is 0.474. The van der Waals surface area contributed by atoms with Crippen LogP contribution in [0.15, 0.2) is 28.8 Å². The van der Waals surface area contributed by atoms with E-state index in [1.807, 2.05) is 18.2 Å². The van der Waals surface area contributed by atoms with Crippen molar-refractivity contribution in [2.75, 3.05) is 0 Å². The van der Waals surface area contributed by atoms with Crippen LogP contribution < -0.4 is 11.1 Å². The van der Waals surface area contributed by atoms with E-state index in [9.17, 15) is 9.59 Å². The zero-order valence-electron chi connectivity index (χ0n) is 15.3. The van der Waals surface area contributed by atoms with Gasteiger partial charge in [-0.25, -0.2) is 0 Å². The summed E-state index contributed by atoms with van der Waals surface area (Å²) in [6.07, 6.45) is 4.62. The number of aromatic nitrogens is 2. The highest BCUT2D eigenvalue weighted by Gasteiger charge is 2.47. The minimum Gasteiger partial charge on any atom is -0.345 e. The Morgan fingerprint density at radius 2 is 2.07 bits per heavy atom. The molecule has 0 spiro atoms. The van der Waals surface area contributed by atoms with Gasteiger partial charge in [-0.05, 0) is 43.7 Å². The van der Waals surface area contributed by atoms with Crippen molar-refractivity contribution in [2.24, 2.45) is 5.73 Å². The number of hydrogen-bond acceptors (Lipinski definition) is 6. The molecule has 2 fully saturated rings. The Balaban J connectivity index is 0.00000192. The summed E-state index contributed by atoms with van der Waals surface area (Å²) < 4.78 is 5.24. The van der Waals surface area contributed by atoms with Crippen molar-refractivity contribution < 1.29 is 14.1 Å². The van der Waals surface area contributed by atoms with Crippen molar-refractivity contribution in [2.45, 2.75) is 56.3 Å². The molecule has 1 unspecified atom stereocenters. The molecule has 2 aliphatic carbocycles. The second kappa shape index (κ2) is 6.86. The van der Waals surface area contributed by atoms with Gasteiger partial charge in [0.05, 0.1) is 12.1 Å². The van der Waals surface area contributed by atoms with Gasteiger partial charge in [0.25, 0.3) is 5.91 Å². The average Bonchev–Trinajstić information content (AvgIpc) is 3.29. The minimum atomic E-state index is -0.601. The van der Waals surface area contributed by atoms with Crippen LogP contribution >= 0.6 is 12.4 Å². The zero-order chi connectivity index (χ0) is 18.6. The van der Waals surface area contributed by atoms with E-state index in [1.54, 1.807) is 11.0 Å². The Labute approximate surface area is 168 Å². The van der Waals surface area contributed by atoms with E-state index < -0.39 is 11.6 Å². The molecule has 8 nitrogen and oxygen atoms in total. The molecule has 148 valence electrons. The van der Waals surface area contributed by atoms with Crippen LogP contribution in [0.4, 0.5) is 0 Å². The molecule has 1 aromatic carbocycles. The zero-order valence-corrected chi connectivity index (χ0v) is 16.1. The lowest BCUT2D eigenvalue weighted by atomic mass is 9.77. The molecule has 28 heavy (non-hydrogen) atoms. The van der Waals surface area contributed by atoms with Crippen LogP contribution in [-0.4, -0.2) is 32.9 Å². The van der Waals surface area contributed by atoms with E-state index in [0.29, 0.717) is 17.3 Å². The molecule has 3 aliphatic rings. The Morgan fingerprint density at radius 3 is 2.75 bits per heavy atom. The molecule has 2 heterocycles. The van der Waals surface area contributed by atoms with Crippen LogP contribution in [-0.2, 0) is 16.9 Å². The summed E-state index contributed by atoms with van der Waals surface area (Å²) >= 11 is 0. The highest BCUT2D eigenvalue weighted by molar-refractivity contribution is 6.05. The molecule has 0 saturated heterocycles. The lowest BCUT2D eigenvalue weighted by molar-refractivity contribution is -0.126. The third kappa shape index (κ3) is 2.97. The van der Waals surface area contributed by atoms with E-state index >= 15 is 0 Å². The van der Waals surface area contributed by atoms with Crippen LogP contribution in [0.1, 0.15) is 65.8 Å². The number of nitrogens with two attached hydrogens (primary N) is 1. The Kier molecular flexibility index (Phi) is 4.63. The summed E-state index contributed by atoms with van der Waals surface area (Å²) in [5, 5.41) is 6.81. The predicted molar refractivity (Wildman–Crippen MR) is 101 cm³/mol. The monoisotopic (exact) mass is 403 g/mol. The first-order valence-corrected chi connectivity index (χ1v) is 9.38. The fourth-order valence-corrected chi connectivity index (χ4v) is 3.90. The lowest BCUT2D eigenvalue weighted by Gasteiger charge is -2.34. The minimum absolute atomic E-state index is 0. The molecule has 1 aliphatic heterocycles. The third-order valence-electron chi connectivity index (χ3n) is 5.76. The number of nitrogens with one attached hydrogen (secondary N) is 1. The van der Waals surface area contributed by atoms with Crippen LogP contribution in [0, 0.1) is 0 Å². The van der Waals surface area contributed by atoms with Gasteiger partial charge in [-0.15, -0.1) is 12.4 Å². The maximum absolute atomic E-state index is 12.9.